The number of carbonyl (C=O) groups excluding carboxylic acids is 1. The molecule has 0 N–H and O–H groups in total. The van der Waals surface area contributed by atoms with Gasteiger partial charge in [-0.3, -0.25) is 9.78 Å². The molecule has 1 aliphatic rings. The molecule has 186 valence electrons. The number of pyridine rings is 1. The zero-order chi connectivity index (χ0) is 24.2. The minimum atomic E-state index is 0.230. The predicted octanol–water partition coefficient (Wildman–Crippen LogP) is 9.78. The lowest BCUT2D eigenvalue weighted by Crippen LogP contribution is -2.13. The normalized spacial score (nSPS) is 18.4. The van der Waals surface area contributed by atoms with E-state index < -0.39 is 0 Å². The van der Waals surface area contributed by atoms with Gasteiger partial charge in [0.05, 0.1) is 5.69 Å². The van der Waals surface area contributed by atoms with E-state index in [1.165, 1.54) is 76.2 Å². The Hall–Kier alpha value is -1.96. The molecular formula is C32H47NO. The van der Waals surface area contributed by atoms with Gasteiger partial charge in [0.15, 0.2) is 5.78 Å². The fraction of sp³-hybridized carbons (Fsp3) is 0.625. The predicted molar refractivity (Wildman–Crippen MR) is 145 cm³/mol. The molecule has 2 nitrogen and oxygen atoms in total. The number of benzene rings is 1. The number of Topliss-reactive ketones (excluding diaryl/α,β-unsaturated/α-hetero) is 1. The molecule has 2 heteroatoms. The Balaban J connectivity index is 1.40. The molecule has 0 amide bonds. The van der Waals surface area contributed by atoms with Crippen molar-refractivity contribution in [2.24, 2.45) is 11.8 Å². The summed E-state index contributed by atoms with van der Waals surface area (Å²) in [5.74, 6) is 2.71. The highest BCUT2D eigenvalue weighted by molar-refractivity contribution is 5.95. The second kappa shape index (κ2) is 14.4. The zero-order valence-corrected chi connectivity index (χ0v) is 22.0. The van der Waals surface area contributed by atoms with Crippen LogP contribution in [0.1, 0.15) is 133 Å². The van der Waals surface area contributed by atoms with E-state index in [-0.39, 0.29) is 5.78 Å². The van der Waals surface area contributed by atoms with Crippen molar-refractivity contribution >= 4 is 5.78 Å². The first-order valence-electron chi connectivity index (χ1n) is 14.2. The molecule has 3 rings (SSSR count). The number of ketones is 1. The van der Waals surface area contributed by atoms with Crippen LogP contribution in [0.15, 0.2) is 42.6 Å². The molecule has 0 atom stereocenters. The van der Waals surface area contributed by atoms with Crippen molar-refractivity contribution in [1.29, 1.82) is 0 Å². The van der Waals surface area contributed by atoms with Crippen LogP contribution in [0, 0.1) is 11.8 Å². The van der Waals surface area contributed by atoms with E-state index in [0.29, 0.717) is 6.42 Å². The molecule has 1 heterocycles. The van der Waals surface area contributed by atoms with Gasteiger partial charge < -0.3 is 0 Å². The first kappa shape index (κ1) is 26.6. The highest BCUT2D eigenvalue weighted by atomic mass is 16.1. The Morgan fingerprint density at radius 1 is 0.882 bits per heavy atom. The summed E-state index contributed by atoms with van der Waals surface area (Å²) in [5.41, 5.74) is 4.32. The average Bonchev–Trinajstić information content (AvgIpc) is 2.86. The topological polar surface area (TPSA) is 30.0 Å². The maximum absolute atomic E-state index is 12.5. The standard InChI is InChI=1S/C32H47NO/c1-4-11-26-14-16-27(17-15-26)28-18-20-29(21-19-28)31-23-22-30(24-33-31)32(34)13-10-8-6-5-7-9-12-25(2)3/h18-27H,4-17H2,1-3H3. The molecule has 0 spiro atoms. The summed E-state index contributed by atoms with van der Waals surface area (Å²) in [6, 6.07) is 13.0. The van der Waals surface area contributed by atoms with E-state index in [1.54, 1.807) is 6.20 Å². The lowest BCUT2D eigenvalue weighted by Gasteiger charge is -2.28. The van der Waals surface area contributed by atoms with E-state index in [0.717, 1.165) is 47.4 Å². The summed E-state index contributed by atoms with van der Waals surface area (Å²) in [4.78, 5) is 17.2. The van der Waals surface area contributed by atoms with Crippen molar-refractivity contribution in [3.05, 3.63) is 53.7 Å². The summed E-state index contributed by atoms with van der Waals surface area (Å²) in [6.07, 6.45) is 19.3. The minimum absolute atomic E-state index is 0.230. The summed E-state index contributed by atoms with van der Waals surface area (Å²) in [5, 5.41) is 0. The van der Waals surface area contributed by atoms with Crippen LogP contribution in [-0.2, 0) is 0 Å². The Labute approximate surface area is 209 Å². The van der Waals surface area contributed by atoms with Gasteiger partial charge in [-0.2, -0.15) is 0 Å². The molecule has 0 saturated heterocycles. The molecule has 0 bridgehead atoms. The number of hydrogen-bond donors (Lipinski definition) is 0. The van der Waals surface area contributed by atoms with E-state index in [2.05, 4.69) is 50.0 Å². The van der Waals surface area contributed by atoms with Gasteiger partial charge in [0.1, 0.15) is 0 Å². The summed E-state index contributed by atoms with van der Waals surface area (Å²) in [6.45, 7) is 6.89. The maximum atomic E-state index is 12.5. The fourth-order valence-corrected chi connectivity index (χ4v) is 5.54. The van der Waals surface area contributed by atoms with Gasteiger partial charge in [-0.25, -0.2) is 0 Å². The smallest absolute Gasteiger partial charge is 0.164 e. The SMILES string of the molecule is CCCC1CCC(c2ccc(-c3ccc(C(=O)CCCCCCCCC(C)C)cn3)cc2)CC1. The summed E-state index contributed by atoms with van der Waals surface area (Å²) < 4.78 is 0. The molecule has 1 aromatic carbocycles. The first-order chi connectivity index (χ1) is 16.6. The maximum Gasteiger partial charge on any atom is 0.164 e. The Bertz CT molecular complexity index is 828. The van der Waals surface area contributed by atoms with Crippen LogP contribution in [0.4, 0.5) is 0 Å². The van der Waals surface area contributed by atoms with Crippen molar-refractivity contribution in [3.8, 4) is 11.3 Å². The highest BCUT2D eigenvalue weighted by Crippen LogP contribution is 2.37. The van der Waals surface area contributed by atoms with E-state index in [9.17, 15) is 4.79 Å². The molecule has 34 heavy (non-hydrogen) atoms. The van der Waals surface area contributed by atoms with Crippen molar-refractivity contribution in [2.75, 3.05) is 0 Å². The van der Waals surface area contributed by atoms with E-state index >= 15 is 0 Å². The van der Waals surface area contributed by atoms with Crippen molar-refractivity contribution < 1.29 is 4.79 Å². The minimum Gasteiger partial charge on any atom is -0.294 e. The average molecular weight is 462 g/mol. The van der Waals surface area contributed by atoms with Gasteiger partial charge in [0, 0.05) is 23.7 Å². The third-order valence-corrected chi connectivity index (χ3v) is 7.74. The van der Waals surface area contributed by atoms with E-state index in [4.69, 9.17) is 0 Å². The second-order valence-electron chi connectivity index (χ2n) is 11.0. The molecule has 1 aliphatic carbocycles. The molecule has 0 aliphatic heterocycles. The van der Waals surface area contributed by atoms with Crippen molar-refractivity contribution in [2.45, 2.75) is 117 Å². The fourth-order valence-electron chi connectivity index (χ4n) is 5.54. The summed E-state index contributed by atoms with van der Waals surface area (Å²) >= 11 is 0. The molecular weight excluding hydrogens is 414 g/mol. The Kier molecular flexibility index (Phi) is 11.3. The van der Waals surface area contributed by atoms with Crippen LogP contribution in [-0.4, -0.2) is 10.8 Å². The number of unbranched alkanes of at least 4 members (excludes halogenated alkanes) is 5. The molecule has 1 aromatic heterocycles. The number of aromatic nitrogens is 1. The van der Waals surface area contributed by atoms with Gasteiger partial charge in [-0.05, 0) is 67.6 Å². The summed E-state index contributed by atoms with van der Waals surface area (Å²) in [7, 11) is 0. The Morgan fingerprint density at radius 3 is 2.18 bits per heavy atom. The molecule has 1 fully saturated rings. The van der Waals surface area contributed by atoms with E-state index in [1.807, 2.05) is 12.1 Å². The van der Waals surface area contributed by atoms with Gasteiger partial charge in [0.2, 0.25) is 0 Å². The quantitative estimate of drug-likeness (QED) is 0.207. The monoisotopic (exact) mass is 461 g/mol. The molecule has 1 saturated carbocycles. The molecule has 2 aromatic rings. The molecule has 0 radical (unpaired) electrons. The van der Waals surface area contributed by atoms with Crippen LogP contribution in [0.5, 0.6) is 0 Å². The second-order valence-corrected chi connectivity index (χ2v) is 11.0. The third-order valence-electron chi connectivity index (χ3n) is 7.74. The van der Waals surface area contributed by atoms with Crippen LogP contribution in [0.25, 0.3) is 11.3 Å². The van der Waals surface area contributed by atoms with Gasteiger partial charge >= 0.3 is 0 Å². The van der Waals surface area contributed by atoms with Crippen molar-refractivity contribution in [3.63, 3.8) is 0 Å². The molecule has 0 unspecified atom stereocenters. The van der Waals surface area contributed by atoms with Gasteiger partial charge in [-0.1, -0.05) is 96.4 Å². The number of hydrogen-bond acceptors (Lipinski definition) is 2. The number of rotatable bonds is 14. The Morgan fingerprint density at radius 2 is 1.56 bits per heavy atom. The first-order valence-corrected chi connectivity index (χ1v) is 14.2. The number of nitrogens with zero attached hydrogens (tertiary/aromatic N) is 1. The van der Waals surface area contributed by atoms with Crippen LogP contribution < -0.4 is 0 Å². The third kappa shape index (κ3) is 8.67. The highest BCUT2D eigenvalue weighted by Gasteiger charge is 2.21. The van der Waals surface area contributed by atoms with Crippen LogP contribution >= 0.6 is 0 Å². The van der Waals surface area contributed by atoms with Crippen molar-refractivity contribution in [1.82, 2.24) is 4.98 Å². The lowest BCUT2D eigenvalue weighted by molar-refractivity contribution is 0.0978. The van der Waals surface area contributed by atoms with Crippen LogP contribution in [0.2, 0.25) is 0 Å². The zero-order valence-electron chi connectivity index (χ0n) is 22.0. The van der Waals surface area contributed by atoms with Gasteiger partial charge in [0.25, 0.3) is 0 Å². The van der Waals surface area contributed by atoms with Gasteiger partial charge in [-0.15, -0.1) is 0 Å². The number of carbonyl (C=O) groups is 1. The lowest BCUT2D eigenvalue weighted by atomic mass is 9.77. The largest absolute Gasteiger partial charge is 0.294 e. The van der Waals surface area contributed by atoms with Crippen LogP contribution in [0.3, 0.4) is 0 Å².